The molecule has 0 aliphatic carbocycles. The Morgan fingerprint density at radius 3 is 2.56 bits per heavy atom. The molecule has 0 aliphatic heterocycles. The summed E-state index contributed by atoms with van der Waals surface area (Å²) in [5.74, 6) is -1.04. The van der Waals surface area contributed by atoms with Gasteiger partial charge >= 0.3 is 12.0 Å². The Kier molecular flexibility index (Phi) is 4.34. The van der Waals surface area contributed by atoms with Crippen molar-refractivity contribution < 1.29 is 14.7 Å². The van der Waals surface area contributed by atoms with Gasteiger partial charge in [-0.1, -0.05) is 0 Å². The average molecular weight is 270 g/mol. The normalized spacial score (nSPS) is 12.9. The molecule has 2 amide bonds. The highest BCUT2D eigenvalue weighted by Crippen LogP contribution is 2.18. The number of aliphatic carboxylic acids is 1. The highest BCUT2D eigenvalue weighted by Gasteiger charge is 2.35. The first-order valence-electron chi connectivity index (χ1n) is 5.56. The van der Waals surface area contributed by atoms with Crippen molar-refractivity contribution in [1.82, 2.24) is 10.2 Å². The molecule has 1 rings (SSSR count). The van der Waals surface area contributed by atoms with Gasteiger partial charge in [0.2, 0.25) is 0 Å². The summed E-state index contributed by atoms with van der Waals surface area (Å²) in [6, 6.07) is 1.38. The fourth-order valence-corrected chi connectivity index (χ4v) is 2.04. The zero-order valence-corrected chi connectivity index (χ0v) is 11.7. The van der Waals surface area contributed by atoms with E-state index in [4.69, 9.17) is 5.11 Å². The average Bonchev–Trinajstić information content (AvgIpc) is 2.80. The van der Waals surface area contributed by atoms with Crippen LogP contribution in [0.5, 0.6) is 0 Å². The van der Waals surface area contributed by atoms with E-state index >= 15 is 0 Å². The van der Waals surface area contributed by atoms with E-state index in [9.17, 15) is 9.59 Å². The smallest absolute Gasteiger partial charge is 0.329 e. The van der Waals surface area contributed by atoms with E-state index in [0.717, 1.165) is 5.56 Å². The Bertz CT molecular complexity index is 429. The lowest BCUT2D eigenvalue weighted by molar-refractivity contribution is -0.146. The first kappa shape index (κ1) is 14.5. The van der Waals surface area contributed by atoms with Crippen molar-refractivity contribution in [2.75, 3.05) is 7.05 Å². The second-order valence-corrected chi connectivity index (χ2v) is 5.43. The van der Waals surface area contributed by atoms with Crippen molar-refractivity contribution in [2.24, 2.45) is 0 Å². The number of hydrogen-bond acceptors (Lipinski definition) is 3. The van der Waals surface area contributed by atoms with E-state index in [0.29, 0.717) is 0 Å². The number of carboxylic acid groups (broad SMARTS) is 1. The molecule has 6 heteroatoms. The fraction of sp³-hybridized carbons (Fsp3) is 0.500. The summed E-state index contributed by atoms with van der Waals surface area (Å²) in [7, 11) is 1.48. The number of carbonyl (C=O) groups is 2. The van der Waals surface area contributed by atoms with Gasteiger partial charge in [-0.3, -0.25) is 0 Å². The molecule has 0 aromatic carbocycles. The van der Waals surface area contributed by atoms with Crippen LogP contribution in [-0.4, -0.2) is 34.6 Å². The summed E-state index contributed by atoms with van der Waals surface area (Å²) < 4.78 is 0. The van der Waals surface area contributed by atoms with Crippen LogP contribution >= 0.6 is 11.3 Å². The maximum atomic E-state index is 12.0. The predicted molar refractivity (Wildman–Crippen MR) is 70.7 cm³/mol. The molecule has 0 bridgehead atoms. The summed E-state index contributed by atoms with van der Waals surface area (Å²) in [6.45, 7) is 4.84. The highest BCUT2D eigenvalue weighted by molar-refractivity contribution is 7.07. The molecule has 0 saturated heterocycles. The van der Waals surface area contributed by atoms with E-state index < -0.39 is 17.5 Å². The predicted octanol–water partition coefficient (Wildman–Crippen LogP) is 2.31. The summed E-state index contributed by atoms with van der Waals surface area (Å²) in [5, 5.41) is 15.7. The van der Waals surface area contributed by atoms with Gasteiger partial charge in [0.25, 0.3) is 0 Å². The van der Waals surface area contributed by atoms with Crippen LogP contribution in [0.1, 0.15) is 32.4 Å². The van der Waals surface area contributed by atoms with Crippen molar-refractivity contribution in [3.63, 3.8) is 0 Å². The number of amides is 2. The zero-order chi connectivity index (χ0) is 13.9. The van der Waals surface area contributed by atoms with Crippen LogP contribution in [0, 0.1) is 0 Å². The van der Waals surface area contributed by atoms with Gasteiger partial charge in [-0.05, 0) is 43.2 Å². The summed E-state index contributed by atoms with van der Waals surface area (Å²) >= 11 is 1.55. The minimum atomic E-state index is -1.24. The minimum Gasteiger partial charge on any atom is -0.480 e. The molecule has 1 atom stereocenters. The Morgan fingerprint density at radius 2 is 2.11 bits per heavy atom. The molecule has 0 saturated carbocycles. The minimum absolute atomic E-state index is 0.143. The Balaban J connectivity index is 2.69. The molecule has 18 heavy (non-hydrogen) atoms. The molecule has 100 valence electrons. The highest BCUT2D eigenvalue weighted by atomic mass is 32.1. The molecular formula is C12H18N2O3S. The van der Waals surface area contributed by atoms with Crippen LogP contribution in [0.15, 0.2) is 16.8 Å². The molecule has 1 unspecified atom stereocenters. The van der Waals surface area contributed by atoms with Gasteiger partial charge in [-0.15, -0.1) is 0 Å². The zero-order valence-electron chi connectivity index (χ0n) is 10.9. The molecule has 1 aromatic heterocycles. The van der Waals surface area contributed by atoms with Crippen LogP contribution in [0.4, 0.5) is 4.79 Å². The van der Waals surface area contributed by atoms with Crippen LogP contribution in [0.2, 0.25) is 0 Å². The van der Waals surface area contributed by atoms with Crippen LogP contribution in [0.25, 0.3) is 0 Å². The van der Waals surface area contributed by atoms with Crippen molar-refractivity contribution in [3.05, 3.63) is 22.4 Å². The summed E-state index contributed by atoms with van der Waals surface area (Å²) in [5.41, 5.74) is -0.229. The van der Waals surface area contributed by atoms with E-state index in [2.05, 4.69) is 5.32 Å². The number of hydrogen-bond donors (Lipinski definition) is 2. The van der Waals surface area contributed by atoms with Crippen LogP contribution in [0.3, 0.4) is 0 Å². The maximum absolute atomic E-state index is 12.0. The van der Waals surface area contributed by atoms with Gasteiger partial charge in [0, 0.05) is 7.05 Å². The Hall–Kier alpha value is -1.56. The summed E-state index contributed by atoms with van der Waals surface area (Å²) in [4.78, 5) is 24.2. The SMILES string of the molecule is CC(NC(=O)N(C)C(C)(C)C(=O)O)c1ccsc1. The lowest BCUT2D eigenvalue weighted by Gasteiger charge is -2.32. The van der Waals surface area contributed by atoms with Crippen molar-refractivity contribution in [3.8, 4) is 0 Å². The van der Waals surface area contributed by atoms with E-state index in [-0.39, 0.29) is 6.04 Å². The molecule has 1 heterocycles. The lowest BCUT2D eigenvalue weighted by atomic mass is 10.0. The Morgan fingerprint density at radius 1 is 1.50 bits per heavy atom. The molecule has 0 aliphatic rings. The van der Waals surface area contributed by atoms with Gasteiger partial charge in [0.15, 0.2) is 0 Å². The van der Waals surface area contributed by atoms with Crippen molar-refractivity contribution in [2.45, 2.75) is 32.4 Å². The van der Waals surface area contributed by atoms with Gasteiger partial charge in [0.05, 0.1) is 6.04 Å². The molecule has 0 fully saturated rings. The molecule has 5 nitrogen and oxygen atoms in total. The number of urea groups is 1. The number of rotatable bonds is 4. The van der Waals surface area contributed by atoms with E-state index in [1.807, 2.05) is 23.8 Å². The number of nitrogens with zero attached hydrogens (tertiary/aromatic N) is 1. The van der Waals surface area contributed by atoms with Gasteiger partial charge in [-0.2, -0.15) is 11.3 Å². The number of carboxylic acids is 1. The first-order chi connectivity index (χ1) is 8.26. The van der Waals surface area contributed by atoms with E-state index in [1.54, 1.807) is 11.3 Å². The van der Waals surface area contributed by atoms with Crippen LogP contribution < -0.4 is 5.32 Å². The van der Waals surface area contributed by atoms with Crippen LogP contribution in [-0.2, 0) is 4.79 Å². The van der Waals surface area contributed by atoms with Crippen molar-refractivity contribution >= 4 is 23.3 Å². The second-order valence-electron chi connectivity index (χ2n) is 4.65. The third-order valence-corrected chi connectivity index (χ3v) is 3.75. The van der Waals surface area contributed by atoms with Crippen molar-refractivity contribution in [1.29, 1.82) is 0 Å². The van der Waals surface area contributed by atoms with Gasteiger partial charge in [0.1, 0.15) is 5.54 Å². The topological polar surface area (TPSA) is 69.6 Å². The fourth-order valence-electron chi connectivity index (χ4n) is 1.28. The second kappa shape index (κ2) is 5.39. The summed E-state index contributed by atoms with van der Waals surface area (Å²) in [6.07, 6.45) is 0. The quantitative estimate of drug-likeness (QED) is 0.882. The molecule has 1 aromatic rings. The number of likely N-dealkylation sites (N-methyl/N-ethyl adjacent to an activating group) is 1. The maximum Gasteiger partial charge on any atom is 0.329 e. The number of carbonyl (C=O) groups excluding carboxylic acids is 1. The molecule has 0 spiro atoms. The van der Waals surface area contributed by atoms with Gasteiger partial charge < -0.3 is 15.3 Å². The van der Waals surface area contributed by atoms with Gasteiger partial charge in [-0.25, -0.2) is 9.59 Å². The Labute approximate surface area is 110 Å². The monoisotopic (exact) mass is 270 g/mol. The molecular weight excluding hydrogens is 252 g/mol. The lowest BCUT2D eigenvalue weighted by Crippen LogP contribution is -2.54. The van der Waals surface area contributed by atoms with E-state index in [1.165, 1.54) is 25.8 Å². The molecule has 2 N–H and O–H groups in total. The number of nitrogens with one attached hydrogen (secondary N) is 1. The first-order valence-corrected chi connectivity index (χ1v) is 6.51. The molecule has 0 radical (unpaired) electrons. The third kappa shape index (κ3) is 3.01. The largest absolute Gasteiger partial charge is 0.480 e. The third-order valence-electron chi connectivity index (χ3n) is 3.05. The standard InChI is InChI=1S/C12H18N2O3S/c1-8(9-5-6-18-7-9)13-11(17)14(4)12(2,3)10(15)16/h5-8H,1-4H3,(H,13,17)(H,15,16). The number of thiophene rings is 1.